The van der Waals surface area contributed by atoms with Gasteiger partial charge >= 0.3 is 0 Å². The molecule has 0 fully saturated rings. The van der Waals surface area contributed by atoms with Crippen LogP contribution in [0.5, 0.6) is 0 Å². The van der Waals surface area contributed by atoms with Crippen molar-refractivity contribution in [1.82, 2.24) is 0 Å². The number of carbonyl (C=O) groups is 1. The third-order valence-electron chi connectivity index (χ3n) is 2.48. The Morgan fingerprint density at radius 3 is 2.29 bits per heavy atom. The van der Waals surface area contributed by atoms with E-state index in [1.807, 2.05) is 0 Å². The fourth-order valence-electron chi connectivity index (χ4n) is 1.64. The number of hydrogen-bond acceptors (Lipinski definition) is 3. The maximum Gasteiger partial charge on any atom is 0.274 e. The maximum absolute atomic E-state index is 13.3. The molecule has 0 unspecified atom stereocenters. The number of nitro groups is 1. The molecule has 2 aromatic carbocycles. The van der Waals surface area contributed by atoms with Crippen molar-refractivity contribution in [2.75, 3.05) is 5.32 Å². The third kappa shape index (κ3) is 4.08. The largest absolute Gasteiger partial charge is 0.322 e. The molecule has 0 saturated carbocycles. The number of amides is 1. The summed E-state index contributed by atoms with van der Waals surface area (Å²) in [5, 5.41) is 13.1. The highest BCUT2D eigenvalue weighted by Gasteiger charge is 2.13. The minimum atomic E-state index is -0.796. The number of carbonyl (C=O) groups excluding carboxylic acids is 1. The monoisotopic (exact) mass is 416 g/mol. The molecule has 0 spiro atoms. The summed E-state index contributed by atoms with van der Waals surface area (Å²) >= 11 is 6.50. The van der Waals surface area contributed by atoms with Crippen molar-refractivity contribution in [3.8, 4) is 0 Å². The van der Waals surface area contributed by atoms with Crippen LogP contribution < -0.4 is 5.32 Å². The van der Waals surface area contributed by atoms with Crippen LogP contribution in [-0.2, 0) is 0 Å². The van der Waals surface area contributed by atoms with E-state index < -0.39 is 22.3 Å². The fourth-order valence-corrected chi connectivity index (χ4v) is 2.93. The van der Waals surface area contributed by atoms with Crippen molar-refractivity contribution in [2.24, 2.45) is 0 Å². The molecular weight excluding hydrogens is 411 g/mol. The first-order valence-electron chi connectivity index (χ1n) is 5.57. The van der Waals surface area contributed by atoms with E-state index in [4.69, 9.17) is 0 Å². The van der Waals surface area contributed by atoms with E-state index in [1.165, 1.54) is 0 Å². The van der Waals surface area contributed by atoms with Crippen LogP contribution in [0, 0.1) is 15.9 Å². The Kier molecular flexibility index (Phi) is 4.69. The molecule has 0 aliphatic carbocycles. The maximum atomic E-state index is 13.3. The minimum absolute atomic E-state index is 0.0165. The van der Waals surface area contributed by atoms with Crippen molar-refractivity contribution in [3.05, 3.63) is 66.8 Å². The summed E-state index contributed by atoms with van der Waals surface area (Å²) in [6.45, 7) is 0. The molecule has 108 valence electrons. The number of nitrogens with zero attached hydrogens (tertiary/aromatic N) is 1. The van der Waals surface area contributed by atoms with Crippen molar-refractivity contribution in [3.63, 3.8) is 0 Å². The second kappa shape index (κ2) is 6.31. The summed E-state index contributed by atoms with van der Waals surface area (Å²) in [6.07, 6.45) is 0. The minimum Gasteiger partial charge on any atom is -0.322 e. The Balaban J connectivity index is 2.29. The molecule has 0 radical (unpaired) electrons. The van der Waals surface area contributed by atoms with E-state index in [1.54, 1.807) is 18.2 Å². The van der Waals surface area contributed by atoms with E-state index in [9.17, 15) is 19.3 Å². The van der Waals surface area contributed by atoms with Gasteiger partial charge in [-0.3, -0.25) is 14.9 Å². The summed E-state index contributed by atoms with van der Waals surface area (Å²) in [7, 11) is 0. The number of hydrogen-bond donors (Lipinski definition) is 1. The average molecular weight is 418 g/mol. The van der Waals surface area contributed by atoms with Gasteiger partial charge in [-0.1, -0.05) is 31.9 Å². The zero-order valence-corrected chi connectivity index (χ0v) is 13.4. The van der Waals surface area contributed by atoms with Crippen molar-refractivity contribution in [2.45, 2.75) is 0 Å². The summed E-state index contributed by atoms with van der Waals surface area (Å²) < 4.78 is 14.7. The SMILES string of the molecule is O=C(Nc1cc(F)cc([N+](=O)[O-])c1)c1cc(Br)cc(Br)c1. The Labute approximate surface area is 135 Å². The van der Waals surface area contributed by atoms with Crippen LogP contribution in [0.3, 0.4) is 0 Å². The van der Waals surface area contributed by atoms with Gasteiger partial charge in [0.15, 0.2) is 0 Å². The molecule has 0 aliphatic rings. The van der Waals surface area contributed by atoms with Crippen molar-refractivity contribution < 1.29 is 14.1 Å². The highest BCUT2D eigenvalue weighted by Crippen LogP contribution is 2.23. The van der Waals surface area contributed by atoms with Gasteiger partial charge in [-0.25, -0.2) is 4.39 Å². The van der Waals surface area contributed by atoms with Gasteiger partial charge in [0.1, 0.15) is 5.82 Å². The zero-order valence-electron chi connectivity index (χ0n) is 10.3. The van der Waals surface area contributed by atoms with Crippen LogP contribution in [0.4, 0.5) is 15.8 Å². The lowest BCUT2D eigenvalue weighted by molar-refractivity contribution is -0.385. The predicted octanol–water partition coefficient (Wildman–Crippen LogP) is 4.51. The number of halogens is 3. The molecule has 1 N–H and O–H groups in total. The number of nitrogens with one attached hydrogen (secondary N) is 1. The van der Waals surface area contributed by atoms with E-state index in [0.717, 1.165) is 18.2 Å². The molecule has 0 aliphatic heterocycles. The van der Waals surface area contributed by atoms with Crippen LogP contribution in [0.1, 0.15) is 10.4 Å². The number of non-ortho nitro benzene ring substituents is 1. The van der Waals surface area contributed by atoms with Gasteiger partial charge in [0.05, 0.1) is 16.7 Å². The molecule has 1 amide bonds. The molecule has 0 bridgehead atoms. The molecule has 8 heteroatoms. The Bertz CT molecular complexity index is 717. The Hall–Kier alpha value is -1.80. The highest BCUT2D eigenvalue weighted by molar-refractivity contribution is 9.11. The zero-order chi connectivity index (χ0) is 15.6. The van der Waals surface area contributed by atoms with Gasteiger partial charge in [-0.15, -0.1) is 0 Å². The number of benzene rings is 2. The van der Waals surface area contributed by atoms with E-state index in [2.05, 4.69) is 37.2 Å². The Morgan fingerprint density at radius 2 is 1.71 bits per heavy atom. The van der Waals surface area contributed by atoms with Gasteiger partial charge in [-0.05, 0) is 24.3 Å². The van der Waals surface area contributed by atoms with Crippen LogP contribution in [0.2, 0.25) is 0 Å². The first-order chi connectivity index (χ1) is 9.85. The summed E-state index contributed by atoms with van der Waals surface area (Å²) in [4.78, 5) is 22.0. The molecule has 0 aromatic heterocycles. The first kappa shape index (κ1) is 15.6. The lowest BCUT2D eigenvalue weighted by Crippen LogP contribution is -2.12. The summed E-state index contributed by atoms with van der Waals surface area (Å²) in [5.74, 6) is -1.30. The third-order valence-corrected chi connectivity index (χ3v) is 3.39. The quantitative estimate of drug-likeness (QED) is 0.589. The Morgan fingerprint density at radius 1 is 1.10 bits per heavy atom. The van der Waals surface area contributed by atoms with E-state index >= 15 is 0 Å². The van der Waals surface area contributed by atoms with Gasteiger partial charge in [0.2, 0.25) is 0 Å². The smallest absolute Gasteiger partial charge is 0.274 e. The molecule has 0 heterocycles. The van der Waals surface area contributed by atoms with Gasteiger partial charge in [0, 0.05) is 20.6 Å². The lowest BCUT2D eigenvalue weighted by atomic mass is 10.2. The van der Waals surface area contributed by atoms with Gasteiger partial charge < -0.3 is 5.32 Å². The van der Waals surface area contributed by atoms with Crippen LogP contribution in [0.15, 0.2) is 45.3 Å². The van der Waals surface area contributed by atoms with Crippen molar-refractivity contribution >= 4 is 49.1 Å². The second-order valence-corrected chi connectivity index (χ2v) is 5.90. The standard InChI is InChI=1S/C13H7Br2FN2O3/c14-8-1-7(2-9(15)3-8)13(19)17-11-4-10(16)5-12(6-11)18(20)21/h1-6H,(H,17,19). The number of anilines is 1. The molecule has 21 heavy (non-hydrogen) atoms. The van der Waals surface area contributed by atoms with E-state index in [0.29, 0.717) is 14.5 Å². The lowest BCUT2D eigenvalue weighted by Gasteiger charge is -2.06. The molecule has 2 aromatic rings. The topological polar surface area (TPSA) is 72.2 Å². The average Bonchev–Trinajstić information content (AvgIpc) is 2.36. The van der Waals surface area contributed by atoms with Crippen molar-refractivity contribution in [1.29, 1.82) is 0 Å². The normalized spacial score (nSPS) is 10.2. The van der Waals surface area contributed by atoms with E-state index in [-0.39, 0.29) is 5.69 Å². The van der Waals surface area contributed by atoms with Crippen LogP contribution >= 0.6 is 31.9 Å². The second-order valence-electron chi connectivity index (χ2n) is 4.07. The number of nitro benzene ring substituents is 1. The number of rotatable bonds is 3. The highest BCUT2D eigenvalue weighted by atomic mass is 79.9. The molecular formula is C13H7Br2FN2O3. The predicted molar refractivity (Wildman–Crippen MR) is 82.8 cm³/mol. The van der Waals surface area contributed by atoms with Gasteiger partial charge in [0.25, 0.3) is 11.6 Å². The first-order valence-corrected chi connectivity index (χ1v) is 7.16. The molecule has 2 rings (SSSR count). The molecule has 0 saturated heterocycles. The molecule has 0 atom stereocenters. The summed E-state index contributed by atoms with van der Waals surface area (Å²) in [6, 6.07) is 7.79. The van der Waals surface area contributed by atoms with Crippen LogP contribution in [-0.4, -0.2) is 10.8 Å². The van der Waals surface area contributed by atoms with Gasteiger partial charge in [-0.2, -0.15) is 0 Å². The van der Waals surface area contributed by atoms with Crippen LogP contribution in [0.25, 0.3) is 0 Å². The fraction of sp³-hybridized carbons (Fsp3) is 0. The molecule has 5 nitrogen and oxygen atoms in total. The summed E-state index contributed by atoms with van der Waals surface area (Å²) in [5.41, 5.74) is -0.0910.